The summed E-state index contributed by atoms with van der Waals surface area (Å²) in [5.41, 5.74) is 2.33. The van der Waals surface area contributed by atoms with Crippen LogP contribution in [-0.2, 0) is 17.8 Å². The molecule has 3 heterocycles. The van der Waals surface area contributed by atoms with E-state index in [4.69, 9.17) is 0 Å². The van der Waals surface area contributed by atoms with Crippen molar-refractivity contribution in [3.63, 3.8) is 0 Å². The van der Waals surface area contributed by atoms with Crippen LogP contribution in [0.2, 0.25) is 0 Å². The van der Waals surface area contributed by atoms with Gasteiger partial charge < -0.3 is 10.2 Å². The number of benzene rings is 1. The number of anilines is 2. The molecular weight excluding hydrogens is 418 g/mol. The molecule has 0 aliphatic carbocycles. The maximum absolute atomic E-state index is 13.0. The lowest BCUT2D eigenvalue weighted by Gasteiger charge is -2.11. The molecule has 158 valence electrons. The Balaban J connectivity index is 1.54. The number of hydrogen-bond acceptors (Lipinski definition) is 7. The number of nitrogens with zero attached hydrogens (tertiary/aromatic N) is 4. The molecule has 0 atom stereocenters. The van der Waals surface area contributed by atoms with Gasteiger partial charge in [0.05, 0.1) is 5.75 Å². The summed E-state index contributed by atoms with van der Waals surface area (Å²) in [4.78, 5) is 37.0. The molecule has 0 unspecified atom stereocenters. The molecule has 1 aromatic carbocycles. The maximum atomic E-state index is 13.0. The Morgan fingerprint density at radius 1 is 1.20 bits per heavy atom. The van der Waals surface area contributed by atoms with Gasteiger partial charge in [0.15, 0.2) is 15.9 Å². The number of hydrogen-bond donors (Lipinski definition) is 1. The normalized spacial score (nSPS) is 13.9. The van der Waals surface area contributed by atoms with E-state index in [9.17, 15) is 9.59 Å². The fourth-order valence-corrected chi connectivity index (χ4v) is 5.43. The van der Waals surface area contributed by atoms with E-state index in [0.717, 1.165) is 48.7 Å². The van der Waals surface area contributed by atoms with Gasteiger partial charge in [0.2, 0.25) is 5.91 Å². The Kier molecular flexibility index (Phi) is 6.38. The molecule has 1 fully saturated rings. The number of aryl methyl sites for hydroxylation is 1. The van der Waals surface area contributed by atoms with Gasteiger partial charge in [-0.05, 0) is 37.8 Å². The first-order valence-corrected chi connectivity index (χ1v) is 12.1. The van der Waals surface area contributed by atoms with Crippen LogP contribution in [0.1, 0.15) is 32.3 Å². The first-order chi connectivity index (χ1) is 14.6. The molecule has 0 radical (unpaired) electrons. The van der Waals surface area contributed by atoms with Gasteiger partial charge in [-0.3, -0.25) is 14.2 Å². The molecular formula is C21H25N5O2S2. The Hall–Kier alpha value is -2.39. The van der Waals surface area contributed by atoms with Gasteiger partial charge in [-0.2, -0.15) is 4.98 Å². The van der Waals surface area contributed by atoms with E-state index < -0.39 is 0 Å². The zero-order chi connectivity index (χ0) is 21.1. The van der Waals surface area contributed by atoms with Gasteiger partial charge in [0.1, 0.15) is 4.70 Å². The van der Waals surface area contributed by atoms with Gasteiger partial charge in [0, 0.05) is 25.3 Å². The second-order valence-electron chi connectivity index (χ2n) is 7.13. The third kappa shape index (κ3) is 4.22. The largest absolute Gasteiger partial charge is 0.348 e. The SMILES string of the molecule is CCc1ccccc1NC(=O)CSc1nc2nc(N3CCCC3)sc2c(=O)n1CC. The minimum atomic E-state index is -0.117. The van der Waals surface area contributed by atoms with Crippen LogP contribution in [-0.4, -0.2) is 39.3 Å². The molecule has 1 amide bonds. The molecule has 3 aromatic rings. The third-order valence-electron chi connectivity index (χ3n) is 5.17. The summed E-state index contributed by atoms with van der Waals surface area (Å²) in [6, 6.07) is 7.79. The minimum Gasteiger partial charge on any atom is -0.348 e. The Bertz CT molecular complexity index is 1120. The Morgan fingerprint density at radius 3 is 2.70 bits per heavy atom. The van der Waals surface area contributed by atoms with E-state index >= 15 is 0 Å². The highest BCUT2D eigenvalue weighted by molar-refractivity contribution is 7.99. The Morgan fingerprint density at radius 2 is 1.97 bits per heavy atom. The number of aromatic nitrogens is 3. The predicted octanol–water partition coefficient (Wildman–Crippen LogP) is 3.77. The molecule has 1 saturated heterocycles. The van der Waals surface area contributed by atoms with Crippen molar-refractivity contribution in [2.45, 2.75) is 44.8 Å². The number of thioether (sulfide) groups is 1. The minimum absolute atomic E-state index is 0.0790. The number of carbonyl (C=O) groups is 1. The summed E-state index contributed by atoms with van der Waals surface area (Å²) in [5, 5.41) is 4.37. The van der Waals surface area contributed by atoms with Crippen molar-refractivity contribution in [3.05, 3.63) is 40.2 Å². The molecule has 0 spiro atoms. The first kappa shape index (κ1) is 20.9. The van der Waals surface area contributed by atoms with Crippen molar-refractivity contribution in [2.24, 2.45) is 0 Å². The number of carbonyl (C=O) groups excluding carboxylic acids is 1. The maximum Gasteiger partial charge on any atom is 0.273 e. The van der Waals surface area contributed by atoms with Crippen LogP contribution in [0.15, 0.2) is 34.2 Å². The number of para-hydroxylation sites is 1. The molecule has 2 aromatic heterocycles. The molecule has 9 heteroatoms. The van der Waals surface area contributed by atoms with Crippen LogP contribution in [0.3, 0.4) is 0 Å². The zero-order valence-corrected chi connectivity index (χ0v) is 18.8. The van der Waals surface area contributed by atoms with Gasteiger partial charge >= 0.3 is 0 Å². The van der Waals surface area contributed by atoms with Crippen molar-refractivity contribution in [1.82, 2.24) is 14.5 Å². The molecule has 0 bridgehead atoms. The van der Waals surface area contributed by atoms with Gasteiger partial charge in [0.25, 0.3) is 5.56 Å². The van der Waals surface area contributed by atoms with Crippen molar-refractivity contribution in [1.29, 1.82) is 0 Å². The van der Waals surface area contributed by atoms with Crippen molar-refractivity contribution in [2.75, 3.05) is 29.1 Å². The van der Waals surface area contributed by atoms with E-state index in [1.165, 1.54) is 23.1 Å². The number of thiazole rings is 1. The van der Waals surface area contributed by atoms with Crippen LogP contribution in [0, 0.1) is 0 Å². The lowest BCUT2D eigenvalue weighted by Crippen LogP contribution is -2.23. The smallest absolute Gasteiger partial charge is 0.273 e. The Labute approximate surface area is 183 Å². The van der Waals surface area contributed by atoms with Crippen LogP contribution in [0.4, 0.5) is 10.8 Å². The van der Waals surface area contributed by atoms with Crippen molar-refractivity contribution < 1.29 is 4.79 Å². The lowest BCUT2D eigenvalue weighted by molar-refractivity contribution is -0.113. The summed E-state index contributed by atoms with van der Waals surface area (Å²) in [5.74, 6) is 0.0629. The average Bonchev–Trinajstić information content (AvgIpc) is 3.42. The summed E-state index contributed by atoms with van der Waals surface area (Å²) in [6.07, 6.45) is 3.15. The lowest BCUT2D eigenvalue weighted by atomic mass is 10.1. The van der Waals surface area contributed by atoms with Crippen LogP contribution in [0.25, 0.3) is 10.3 Å². The monoisotopic (exact) mass is 443 g/mol. The fourth-order valence-electron chi connectivity index (χ4n) is 3.58. The second-order valence-corrected chi connectivity index (χ2v) is 9.05. The highest BCUT2D eigenvalue weighted by atomic mass is 32.2. The van der Waals surface area contributed by atoms with Gasteiger partial charge in [-0.15, -0.1) is 0 Å². The molecule has 1 aliphatic heterocycles. The highest BCUT2D eigenvalue weighted by Gasteiger charge is 2.21. The molecule has 0 saturated carbocycles. The highest BCUT2D eigenvalue weighted by Crippen LogP contribution is 2.29. The second kappa shape index (κ2) is 9.18. The first-order valence-electron chi connectivity index (χ1n) is 10.3. The summed E-state index contributed by atoms with van der Waals surface area (Å²) < 4.78 is 2.22. The van der Waals surface area contributed by atoms with E-state index in [1.807, 2.05) is 31.2 Å². The van der Waals surface area contributed by atoms with Crippen molar-refractivity contribution >= 4 is 50.2 Å². The number of nitrogens with one attached hydrogen (secondary N) is 1. The third-order valence-corrected chi connectivity index (χ3v) is 7.24. The van der Waals surface area contributed by atoms with Gasteiger partial charge in [-0.1, -0.05) is 48.2 Å². The van der Waals surface area contributed by atoms with Crippen LogP contribution < -0.4 is 15.8 Å². The molecule has 7 nitrogen and oxygen atoms in total. The fraction of sp³-hybridized carbons (Fsp3) is 0.429. The summed E-state index contributed by atoms with van der Waals surface area (Å²) in [6.45, 7) is 6.43. The summed E-state index contributed by atoms with van der Waals surface area (Å²) >= 11 is 2.69. The van der Waals surface area contributed by atoms with E-state index in [0.29, 0.717) is 22.0 Å². The number of amides is 1. The van der Waals surface area contributed by atoms with Crippen molar-refractivity contribution in [3.8, 4) is 0 Å². The van der Waals surface area contributed by atoms with Gasteiger partial charge in [-0.25, -0.2) is 4.98 Å². The topological polar surface area (TPSA) is 80.1 Å². The zero-order valence-electron chi connectivity index (χ0n) is 17.2. The quantitative estimate of drug-likeness (QED) is 0.442. The van der Waals surface area contributed by atoms with E-state index in [2.05, 4.69) is 27.1 Å². The van der Waals surface area contributed by atoms with Crippen LogP contribution >= 0.6 is 23.1 Å². The number of rotatable bonds is 7. The molecule has 30 heavy (non-hydrogen) atoms. The standard InChI is InChI=1S/C21H25N5O2S2/c1-3-14-9-5-6-10-15(14)22-16(27)13-29-21-24-18-17(19(28)26(21)4-2)30-20(23-18)25-11-7-8-12-25/h5-6,9-10H,3-4,7-8,11-13H2,1-2H3,(H,22,27). The van der Waals surface area contributed by atoms with E-state index in [1.54, 1.807) is 4.57 Å². The molecule has 1 aliphatic rings. The molecule has 1 N–H and O–H groups in total. The molecule has 4 rings (SSSR count). The summed E-state index contributed by atoms with van der Waals surface area (Å²) in [7, 11) is 0. The van der Waals surface area contributed by atoms with Crippen LogP contribution in [0.5, 0.6) is 0 Å². The number of fused-ring (bicyclic) bond motifs is 1. The van der Waals surface area contributed by atoms with E-state index in [-0.39, 0.29) is 17.2 Å². The predicted molar refractivity (Wildman–Crippen MR) is 124 cm³/mol. The average molecular weight is 444 g/mol.